The second-order valence-electron chi connectivity index (χ2n) is 8.77. The third kappa shape index (κ3) is 3.01. The van der Waals surface area contributed by atoms with Gasteiger partial charge in [-0.05, 0) is 55.9 Å². The Morgan fingerprint density at radius 2 is 2.10 bits per heavy atom. The molecule has 0 radical (unpaired) electrons. The van der Waals surface area contributed by atoms with E-state index in [1.54, 1.807) is 0 Å². The molecule has 1 aliphatic heterocycles. The van der Waals surface area contributed by atoms with Crippen molar-refractivity contribution < 1.29 is 5.11 Å². The second-order valence-corrected chi connectivity index (χ2v) is 8.77. The van der Waals surface area contributed by atoms with Crippen molar-refractivity contribution in [2.45, 2.75) is 56.3 Å². The predicted octanol–water partition coefficient (Wildman–Crippen LogP) is 2.69. The number of fused-ring (bicyclic) bond motifs is 4. The summed E-state index contributed by atoms with van der Waals surface area (Å²) in [6.07, 6.45) is 13.6. The van der Waals surface area contributed by atoms with Crippen LogP contribution in [0.1, 0.15) is 55.5 Å². The number of nitrogens with zero attached hydrogens (tertiary/aromatic N) is 4. The minimum atomic E-state index is -0.532. The maximum absolute atomic E-state index is 10.2. The minimum Gasteiger partial charge on any atom is -0.390 e. The van der Waals surface area contributed by atoms with Crippen LogP contribution in [0.5, 0.6) is 0 Å². The molecule has 3 N–H and O–H groups in total. The Morgan fingerprint density at radius 3 is 2.97 bits per heavy atom. The number of hydrogen-bond donors (Lipinski definition) is 3. The Hall–Kier alpha value is -2.77. The molecule has 2 fully saturated rings. The van der Waals surface area contributed by atoms with Gasteiger partial charge in [0.05, 0.1) is 17.3 Å². The monoisotopic (exact) mass is 388 g/mol. The first-order valence-electron chi connectivity index (χ1n) is 10.3. The first kappa shape index (κ1) is 17.1. The summed E-state index contributed by atoms with van der Waals surface area (Å²) in [7, 11) is 0. The van der Waals surface area contributed by atoms with Crippen molar-refractivity contribution in [3.05, 3.63) is 59.8 Å². The van der Waals surface area contributed by atoms with Gasteiger partial charge in [0.1, 0.15) is 5.65 Å². The Labute approximate surface area is 168 Å². The van der Waals surface area contributed by atoms with E-state index in [1.165, 1.54) is 5.57 Å². The summed E-state index contributed by atoms with van der Waals surface area (Å²) < 4.78 is 2.04. The molecule has 0 bridgehead atoms. The van der Waals surface area contributed by atoms with Crippen LogP contribution < -0.4 is 10.6 Å². The van der Waals surface area contributed by atoms with Crippen molar-refractivity contribution >= 4 is 17.2 Å². The smallest absolute Gasteiger partial charge is 0.223 e. The van der Waals surface area contributed by atoms with Crippen molar-refractivity contribution in [1.82, 2.24) is 24.7 Å². The molecule has 1 saturated heterocycles. The molecule has 2 aliphatic carbocycles. The highest BCUT2D eigenvalue weighted by Crippen LogP contribution is 2.43. The summed E-state index contributed by atoms with van der Waals surface area (Å²) in [6, 6.07) is 5.08. The molecule has 1 unspecified atom stereocenters. The van der Waals surface area contributed by atoms with E-state index in [4.69, 9.17) is 4.98 Å². The number of pyridine rings is 1. The average molecular weight is 388 g/mol. The van der Waals surface area contributed by atoms with Gasteiger partial charge in [0.25, 0.3) is 0 Å². The molecule has 3 aromatic heterocycles. The van der Waals surface area contributed by atoms with Gasteiger partial charge in [-0.15, -0.1) is 0 Å². The zero-order valence-electron chi connectivity index (χ0n) is 16.3. The van der Waals surface area contributed by atoms with Crippen molar-refractivity contribution in [3.63, 3.8) is 0 Å². The summed E-state index contributed by atoms with van der Waals surface area (Å²) in [4.78, 5) is 13.8. The van der Waals surface area contributed by atoms with Gasteiger partial charge in [0.2, 0.25) is 5.95 Å². The quantitative estimate of drug-likeness (QED) is 0.597. The zero-order valence-corrected chi connectivity index (χ0v) is 16.3. The zero-order chi connectivity index (χ0) is 19.6. The Kier molecular flexibility index (Phi) is 3.61. The number of aliphatic hydroxyl groups is 1. The van der Waals surface area contributed by atoms with Crippen molar-refractivity contribution in [1.29, 1.82) is 0 Å². The maximum Gasteiger partial charge on any atom is 0.223 e. The molecule has 148 valence electrons. The molecule has 7 nitrogen and oxygen atoms in total. The van der Waals surface area contributed by atoms with E-state index < -0.39 is 5.60 Å². The van der Waals surface area contributed by atoms with Gasteiger partial charge >= 0.3 is 0 Å². The largest absolute Gasteiger partial charge is 0.390 e. The molecule has 0 aromatic carbocycles. The van der Waals surface area contributed by atoms with E-state index in [-0.39, 0.29) is 6.04 Å². The Morgan fingerprint density at radius 1 is 1.24 bits per heavy atom. The number of anilines is 1. The molecular weight excluding hydrogens is 364 g/mol. The standard InChI is InChI=1S/C22H24N6O/c1-22(29)6-4-14(5-7-22)25-21-24-11-16-15(10-17-20(26-17)19(16)27-21)13-2-3-18-23-8-9-28(18)12-13/h2-3,8-12,14,17,20,26,29H,4-7H2,1H3,(H,24,25,27)/t14?,17-,20?,22?/m0/s1. The second kappa shape index (κ2) is 6.11. The molecule has 7 heteroatoms. The van der Waals surface area contributed by atoms with Crippen LogP contribution in [0.4, 0.5) is 5.95 Å². The maximum atomic E-state index is 10.2. The Balaban J connectivity index is 1.30. The third-order valence-corrected chi connectivity index (χ3v) is 6.47. The van der Waals surface area contributed by atoms with Gasteiger partial charge in [-0.1, -0.05) is 6.08 Å². The van der Waals surface area contributed by atoms with Crippen molar-refractivity contribution in [3.8, 4) is 0 Å². The highest BCUT2D eigenvalue weighted by atomic mass is 16.3. The summed E-state index contributed by atoms with van der Waals surface area (Å²) in [5, 5.41) is 17.2. The van der Waals surface area contributed by atoms with Gasteiger partial charge in [-0.2, -0.15) is 0 Å². The Bertz CT molecular complexity index is 1120. The van der Waals surface area contributed by atoms with E-state index in [1.807, 2.05) is 36.0 Å². The predicted molar refractivity (Wildman–Crippen MR) is 110 cm³/mol. The van der Waals surface area contributed by atoms with E-state index in [0.29, 0.717) is 18.0 Å². The van der Waals surface area contributed by atoms with E-state index in [9.17, 15) is 5.11 Å². The van der Waals surface area contributed by atoms with E-state index in [0.717, 1.165) is 48.2 Å². The van der Waals surface area contributed by atoms with Crippen molar-refractivity contribution in [2.75, 3.05) is 5.32 Å². The first-order chi connectivity index (χ1) is 14.1. The number of imidazole rings is 1. The average Bonchev–Trinajstić information content (AvgIpc) is 3.36. The SMILES string of the molecule is CC1(O)CCC(Nc2ncc3c(n2)C2N[C@H]2C=C3c2ccc3nccn3c2)CC1. The molecule has 3 aromatic rings. The van der Waals surface area contributed by atoms with Gasteiger partial charge in [-0.3, -0.25) is 5.32 Å². The van der Waals surface area contributed by atoms with Crippen LogP contribution >= 0.6 is 0 Å². The van der Waals surface area contributed by atoms with Crippen LogP contribution in [0.2, 0.25) is 0 Å². The normalized spacial score (nSPS) is 30.4. The van der Waals surface area contributed by atoms with Crippen LogP contribution in [-0.2, 0) is 0 Å². The number of nitrogens with one attached hydrogen (secondary N) is 2. The highest BCUT2D eigenvalue weighted by Gasteiger charge is 2.43. The first-order valence-corrected chi connectivity index (χ1v) is 10.3. The van der Waals surface area contributed by atoms with E-state index >= 15 is 0 Å². The number of aromatic nitrogens is 4. The molecular formula is C22H24N6O. The third-order valence-electron chi connectivity index (χ3n) is 6.47. The fraction of sp³-hybridized carbons (Fsp3) is 0.409. The van der Waals surface area contributed by atoms with Crippen LogP contribution in [0.15, 0.2) is 43.0 Å². The lowest BCUT2D eigenvalue weighted by molar-refractivity contribution is 0.0195. The molecule has 6 rings (SSSR count). The summed E-state index contributed by atoms with van der Waals surface area (Å²) >= 11 is 0. The number of rotatable bonds is 3. The minimum absolute atomic E-state index is 0.279. The molecule has 4 heterocycles. The summed E-state index contributed by atoms with van der Waals surface area (Å²) in [5.41, 5.74) is 4.88. The van der Waals surface area contributed by atoms with Crippen LogP contribution in [0, 0.1) is 0 Å². The van der Waals surface area contributed by atoms with Gasteiger partial charge in [0.15, 0.2) is 0 Å². The summed E-state index contributed by atoms with van der Waals surface area (Å²) in [5.74, 6) is 0.689. The summed E-state index contributed by atoms with van der Waals surface area (Å²) in [6.45, 7) is 1.92. The molecule has 2 atom stereocenters. The van der Waals surface area contributed by atoms with Crippen molar-refractivity contribution in [2.24, 2.45) is 0 Å². The van der Waals surface area contributed by atoms with Crippen LogP contribution in [0.25, 0.3) is 11.2 Å². The molecule has 0 spiro atoms. The van der Waals surface area contributed by atoms with Crippen LogP contribution in [-0.4, -0.2) is 42.1 Å². The highest BCUT2D eigenvalue weighted by molar-refractivity contribution is 5.84. The fourth-order valence-corrected chi connectivity index (χ4v) is 4.62. The lowest BCUT2D eigenvalue weighted by Crippen LogP contribution is -2.36. The van der Waals surface area contributed by atoms with Crippen LogP contribution in [0.3, 0.4) is 0 Å². The molecule has 0 amide bonds. The molecule has 29 heavy (non-hydrogen) atoms. The number of hydrogen-bond acceptors (Lipinski definition) is 6. The lowest BCUT2D eigenvalue weighted by Gasteiger charge is -2.33. The van der Waals surface area contributed by atoms with Gasteiger partial charge in [0, 0.05) is 42.4 Å². The lowest BCUT2D eigenvalue weighted by atomic mass is 9.84. The fourth-order valence-electron chi connectivity index (χ4n) is 4.62. The molecule has 3 aliphatic rings. The topological polar surface area (TPSA) is 97.3 Å². The van der Waals surface area contributed by atoms with Gasteiger partial charge < -0.3 is 14.8 Å². The van der Waals surface area contributed by atoms with E-state index in [2.05, 4.69) is 38.9 Å². The van der Waals surface area contributed by atoms with Gasteiger partial charge in [-0.25, -0.2) is 15.0 Å². The molecule has 1 saturated carbocycles.